The summed E-state index contributed by atoms with van der Waals surface area (Å²) >= 11 is 0. The number of benzene rings is 2. The molecule has 0 saturated heterocycles. The molecule has 0 unspecified atom stereocenters. The van der Waals surface area contributed by atoms with Crippen LogP contribution in [0.15, 0.2) is 42.5 Å². The maximum absolute atomic E-state index is 13.0. The summed E-state index contributed by atoms with van der Waals surface area (Å²) in [5, 5.41) is 2.73. The Balaban J connectivity index is 2.23. The predicted octanol–water partition coefficient (Wildman–Crippen LogP) is 2.79. The van der Waals surface area contributed by atoms with E-state index < -0.39 is 28.5 Å². The SMILES string of the molecule is COc1ccc(C)cc1N(CC(=O)N[C@@H](C)c1ccc(F)cc1)S(C)(=O)=O. The number of anilines is 1. The van der Waals surface area contributed by atoms with Gasteiger partial charge in [-0.15, -0.1) is 0 Å². The van der Waals surface area contributed by atoms with Crippen LogP contribution in [0.3, 0.4) is 0 Å². The summed E-state index contributed by atoms with van der Waals surface area (Å²) in [5.41, 5.74) is 1.84. The Kier molecular flexibility index (Phi) is 6.43. The van der Waals surface area contributed by atoms with E-state index in [1.807, 2.05) is 6.92 Å². The Hall–Kier alpha value is -2.61. The lowest BCUT2D eigenvalue weighted by Gasteiger charge is -2.25. The molecule has 0 aromatic heterocycles. The summed E-state index contributed by atoms with van der Waals surface area (Å²) < 4.78 is 43.9. The minimum absolute atomic E-state index is 0.296. The molecule has 1 atom stereocenters. The van der Waals surface area contributed by atoms with Crippen LogP contribution in [0.5, 0.6) is 5.75 Å². The van der Waals surface area contributed by atoms with E-state index in [1.165, 1.54) is 19.2 Å². The highest BCUT2D eigenvalue weighted by Gasteiger charge is 2.24. The van der Waals surface area contributed by atoms with Crippen LogP contribution < -0.4 is 14.4 Å². The van der Waals surface area contributed by atoms with Crippen molar-refractivity contribution in [2.24, 2.45) is 0 Å². The zero-order valence-electron chi connectivity index (χ0n) is 15.7. The molecule has 0 spiro atoms. The van der Waals surface area contributed by atoms with Crippen LogP contribution in [-0.2, 0) is 14.8 Å². The first-order valence-electron chi connectivity index (χ1n) is 8.29. The van der Waals surface area contributed by atoms with Crippen molar-refractivity contribution in [2.45, 2.75) is 19.9 Å². The van der Waals surface area contributed by atoms with Gasteiger partial charge in [-0.1, -0.05) is 18.2 Å². The van der Waals surface area contributed by atoms with Crippen molar-refractivity contribution in [3.63, 3.8) is 0 Å². The van der Waals surface area contributed by atoms with E-state index >= 15 is 0 Å². The molecule has 0 radical (unpaired) electrons. The number of rotatable bonds is 7. The number of methoxy groups -OCH3 is 1. The second-order valence-electron chi connectivity index (χ2n) is 6.29. The van der Waals surface area contributed by atoms with Gasteiger partial charge in [-0.05, 0) is 49.2 Å². The van der Waals surface area contributed by atoms with Gasteiger partial charge in [-0.2, -0.15) is 0 Å². The number of hydrogen-bond donors (Lipinski definition) is 1. The number of carbonyl (C=O) groups excluding carboxylic acids is 1. The van der Waals surface area contributed by atoms with E-state index in [4.69, 9.17) is 4.74 Å². The fraction of sp³-hybridized carbons (Fsp3) is 0.316. The van der Waals surface area contributed by atoms with Gasteiger partial charge < -0.3 is 10.1 Å². The first-order chi connectivity index (χ1) is 12.6. The zero-order valence-corrected chi connectivity index (χ0v) is 16.5. The summed E-state index contributed by atoms with van der Waals surface area (Å²) in [7, 11) is -2.29. The molecule has 0 heterocycles. The van der Waals surface area contributed by atoms with E-state index in [-0.39, 0.29) is 5.82 Å². The van der Waals surface area contributed by atoms with Gasteiger partial charge in [-0.25, -0.2) is 12.8 Å². The second kappa shape index (κ2) is 8.39. The van der Waals surface area contributed by atoms with Crippen LogP contribution in [0, 0.1) is 12.7 Å². The molecular formula is C19H23FN2O4S. The number of nitrogens with one attached hydrogen (secondary N) is 1. The number of aryl methyl sites for hydroxylation is 1. The molecule has 0 aliphatic carbocycles. The normalized spacial score (nSPS) is 12.3. The van der Waals surface area contributed by atoms with Gasteiger partial charge in [0, 0.05) is 0 Å². The maximum Gasteiger partial charge on any atom is 0.241 e. The van der Waals surface area contributed by atoms with Crippen molar-refractivity contribution < 1.29 is 22.3 Å². The highest BCUT2D eigenvalue weighted by atomic mass is 32.2. The molecular weight excluding hydrogens is 371 g/mol. The van der Waals surface area contributed by atoms with Gasteiger partial charge in [0.2, 0.25) is 15.9 Å². The minimum atomic E-state index is -3.73. The summed E-state index contributed by atoms with van der Waals surface area (Å²) in [6, 6.07) is 10.4. The molecule has 6 nitrogen and oxygen atoms in total. The molecule has 2 aromatic carbocycles. The summed E-state index contributed by atoms with van der Waals surface area (Å²) in [5.74, 6) is -0.502. The van der Waals surface area contributed by atoms with Crippen LogP contribution in [0.25, 0.3) is 0 Å². The molecule has 2 rings (SSSR count). The van der Waals surface area contributed by atoms with Crippen LogP contribution in [0.2, 0.25) is 0 Å². The van der Waals surface area contributed by atoms with Crippen LogP contribution in [0.1, 0.15) is 24.1 Å². The van der Waals surface area contributed by atoms with Gasteiger partial charge in [0.25, 0.3) is 0 Å². The molecule has 8 heteroatoms. The minimum Gasteiger partial charge on any atom is -0.495 e. The maximum atomic E-state index is 13.0. The standard InChI is InChI=1S/C19H23FN2O4S/c1-13-5-10-18(26-3)17(11-13)22(27(4,24)25)12-19(23)21-14(2)15-6-8-16(20)9-7-15/h5-11,14H,12H2,1-4H3,(H,21,23)/t14-/m0/s1. The van der Waals surface area contributed by atoms with Crippen LogP contribution in [-0.4, -0.2) is 34.2 Å². The molecule has 27 heavy (non-hydrogen) atoms. The van der Waals surface area contributed by atoms with Crippen LogP contribution >= 0.6 is 0 Å². The number of carbonyl (C=O) groups is 1. The second-order valence-corrected chi connectivity index (χ2v) is 8.19. The van der Waals surface area contributed by atoms with Crippen molar-refractivity contribution in [2.75, 3.05) is 24.2 Å². The lowest BCUT2D eigenvalue weighted by Crippen LogP contribution is -2.41. The molecule has 0 aliphatic rings. The fourth-order valence-electron chi connectivity index (χ4n) is 2.63. The van der Waals surface area contributed by atoms with Gasteiger partial charge in [0.05, 0.1) is 25.1 Å². The monoisotopic (exact) mass is 394 g/mol. The lowest BCUT2D eigenvalue weighted by atomic mass is 10.1. The number of ether oxygens (including phenoxy) is 1. The molecule has 0 bridgehead atoms. The average molecular weight is 394 g/mol. The van der Waals surface area contributed by atoms with E-state index in [0.717, 1.165) is 16.1 Å². The number of hydrogen-bond acceptors (Lipinski definition) is 4. The Labute approximate surface area is 159 Å². The first kappa shape index (κ1) is 20.7. The molecule has 2 aromatic rings. The number of nitrogens with zero attached hydrogens (tertiary/aromatic N) is 1. The zero-order chi connectivity index (χ0) is 20.2. The van der Waals surface area contributed by atoms with Crippen LogP contribution in [0.4, 0.5) is 10.1 Å². The average Bonchev–Trinajstić information content (AvgIpc) is 2.59. The van der Waals surface area contributed by atoms with E-state index in [0.29, 0.717) is 17.0 Å². The largest absolute Gasteiger partial charge is 0.495 e. The summed E-state index contributed by atoms with van der Waals surface area (Å²) in [6.45, 7) is 3.16. The third-order valence-corrected chi connectivity index (χ3v) is 5.16. The third-order valence-electron chi connectivity index (χ3n) is 4.04. The number of sulfonamides is 1. The Bertz CT molecular complexity index is 914. The van der Waals surface area contributed by atoms with Crippen molar-refractivity contribution >= 4 is 21.6 Å². The smallest absolute Gasteiger partial charge is 0.241 e. The van der Waals surface area contributed by atoms with Crippen molar-refractivity contribution in [1.29, 1.82) is 0 Å². The summed E-state index contributed by atoms with van der Waals surface area (Å²) in [6.07, 6.45) is 1.03. The van der Waals surface area contributed by atoms with E-state index in [9.17, 15) is 17.6 Å². The Morgan fingerprint density at radius 3 is 2.41 bits per heavy atom. The molecule has 0 saturated carbocycles. The molecule has 1 amide bonds. The molecule has 0 fully saturated rings. The van der Waals surface area contributed by atoms with Crippen molar-refractivity contribution in [1.82, 2.24) is 5.32 Å². The topological polar surface area (TPSA) is 75.7 Å². The molecule has 146 valence electrons. The highest BCUT2D eigenvalue weighted by molar-refractivity contribution is 7.92. The van der Waals surface area contributed by atoms with Gasteiger partial charge in [-0.3, -0.25) is 9.10 Å². The highest BCUT2D eigenvalue weighted by Crippen LogP contribution is 2.30. The predicted molar refractivity (Wildman–Crippen MR) is 103 cm³/mol. The molecule has 0 aliphatic heterocycles. The lowest BCUT2D eigenvalue weighted by molar-refractivity contribution is -0.120. The quantitative estimate of drug-likeness (QED) is 0.784. The third kappa shape index (κ3) is 5.43. The van der Waals surface area contributed by atoms with Crippen molar-refractivity contribution in [3.05, 3.63) is 59.4 Å². The van der Waals surface area contributed by atoms with Gasteiger partial charge in [0.1, 0.15) is 18.1 Å². The van der Waals surface area contributed by atoms with Gasteiger partial charge >= 0.3 is 0 Å². The van der Waals surface area contributed by atoms with E-state index in [1.54, 1.807) is 37.3 Å². The fourth-order valence-corrected chi connectivity index (χ4v) is 3.48. The number of amides is 1. The summed E-state index contributed by atoms with van der Waals surface area (Å²) in [4.78, 5) is 12.5. The van der Waals surface area contributed by atoms with Crippen molar-refractivity contribution in [3.8, 4) is 5.75 Å². The van der Waals surface area contributed by atoms with Gasteiger partial charge in [0.15, 0.2) is 0 Å². The Morgan fingerprint density at radius 2 is 1.85 bits per heavy atom. The number of halogens is 1. The Morgan fingerprint density at radius 1 is 1.22 bits per heavy atom. The molecule has 1 N–H and O–H groups in total. The van der Waals surface area contributed by atoms with E-state index in [2.05, 4.69) is 5.32 Å². The first-order valence-corrected chi connectivity index (χ1v) is 10.1.